The third-order valence-electron chi connectivity index (χ3n) is 3.77. The second-order valence-electron chi connectivity index (χ2n) is 4.96. The van der Waals surface area contributed by atoms with Crippen LogP contribution in [-0.4, -0.2) is 36.8 Å². The highest BCUT2D eigenvalue weighted by molar-refractivity contribution is 5.82. The number of hydrogen-bond acceptors (Lipinski definition) is 3. The zero-order chi connectivity index (χ0) is 10.9. The van der Waals surface area contributed by atoms with Gasteiger partial charge in [-0.3, -0.25) is 4.79 Å². The molecule has 1 aliphatic carbocycles. The molecule has 0 radical (unpaired) electrons. The van der Waals surface area contributed by atoms with Crippen LogP contribution >= 0.6 is 0 Å². The Morgan fingerprint density at radius 2 is 2.27 bits per heavy atom. The molecule has 4 nitrogen and oxygen atoms in total. The van der Waals surface area contributed by atoms with Crippen molar-refractivity contribution in [3.05, 3.63) is 0 Å². The summed E-state index contributed by atoms with van der Waals surface area (Å²) in [7, 11) is 0. The Labute approximate surface area is 90.4 Å². The molecule has 86 valence electrons. The Morgan fingerprint density at radius 1 is 1.60 bits per heavy atom. The zero-order valence-corrected chi connectivity index (χ0v) is 9.25. The summed E-state index contributed by atoms with van der Waals surface area (Å²) in [6.07, 6.45) is 3.29. The van der Waals surface area contributed by atoms with Crippen LogP contribution in [0.2, 0.25) is 0 Å². The molecule has 3 N–H and O–H groups in total. The van der Waals surface area contributed by atoms with E-state index < -0.39 is 0 Å². The van der Waals surface area contributed by atoms with Gasteiger partial charge in [-0.2, -0.15) is 0 Å². The van der Waals surface area contributed by atoms with Crippen molar-refractivity contribution in [3.63, 3.8) is 0 Å². The molecule has 2 fully saturated rings. The molecular formula is C11H20N2O2. The molecule has 1 spiro atoms. The van der Waals surface area contributed by atoms with Gasteiger partial charge in [-0.15, -0.1) is 0 Å². The Bertz CT molecular complexity index is 249. The van der Waals surface area contributed by atoms with E-state index in [0.717, 1.165) is 32.4 Å². The van der Waals surface area contributed by atoms with Gasteiger partial charge < -0.3 is 15.7 Å². The highest BCUT2D eigenvalue weighted by Crippen LogP contribution is 2.58. The molecule has 4 heteroatoms. The van der Waals surface area contributed by atoms with Gasteiger partial charge >= 0.3 is 0 Å². The standard InChI is InChI=1S/C11H20N2O2/c1-8(7-14)13-10(15)9-6-11(9)2-4-12-5-3-11/h8-9,12,14H,2-7H2,1H3,(H,13,15)/t8-,9?/m0/s1. The lowest BCUT2D eigenvalue weighted by Gasteiger charge is -2.23. The fourth-order valence-corrected chi connectivity index (χ4v) is 2.58. The summed E-state index contributed by atoms with van der Waals surface area (Å²) in [5, 5.41) is 15.0. The second-order valence-corrected chi connectivity index (χ2v) is 4.96. The molecule has 0 aromatic carbocycles. The van der Waals surface area contributed by atoms with E-state index in [1.54, 1.807) is 0 Å². The van der Waals surface area contributed by atoms with E-state index in [0.29, 0.717) is 5.41 Å². The molecule has 0 aromatic heterocycles. The molecule has 1 amide bonds. The van der Waals surface area contributed by atoms with Gasteiger partial charge in [0.1, 0.15) is 0 Å². The lowest BCUT2D eigenvalue weighted by atomic mass is 9.91. The number of amides is 1. The first-order chi connectivity index (χ1) is 7.18. The van der Waals surface area contributed by atoms with Crippen LogP contribution in [0, 0.1) is 11.3 Å². The first-order valence-electron chi connectivity index (χ1n) is 5.80. The van der Waals surface area contributed by atoms with E-state index in [1.165, 1.54) is 0 Å². The number of piperidine rings is 1. The van der Waals surface area contributed by atoms with Gasteiger partial charge in [-0.1, -0.05) is 0 Å². The van der Waals surface area contributed by atoms with Gasteiger partial charge in [-0.05, 0) is 44.7 Å². The molecule has 0 bridgehead atoms. The molecular weight excluding hydrogens is 192 g/mol. The first kappa shape index (κ1) is 10.9. The molecule has 2 atom stereocenters. The highest BCUT2D eigenvalue weighted by atomic mass is 16.3. The van der Waals surface area contributed by atoms with Gasteiger partial charge in [0.2, 0.25) is 5.91 Å². The van der Waals surface area contributed by atoms with Crippen molar-refractivity contribution in [2.45, 2.75) is 32.2 Å². The average molecular weight is 212 g/mol. The van der Waals surface area contributed by atoms with Crippen LogP contribution in [0.25, 0.3) is 0 Å². The first-order valence-corrected chi connectivity index (χ1v) is 5.80. The number of rotatable bonds is 3. The summed E-state index contributed by atoms with van der Waals surface area (Å²) in [5.74, 6) is 0.340. The maximum absolute atomic E-state index is 11.8. The largest absolute Gasteiger partial charge is 0.394 e. The minimum atomic E-state index is -0.114. The summed E-state index contributed by atoms with van der Waals surface area (Å²) in [4.78, 5) is 11.8. The normalized spacial score (nSPS) is 29.9. The van der Waals surface area contributed by atoms with Gasteiger partial charge in [0.15, 0.2) is 0 Å². The second kappa shape index (κ2) is 4.10. The Morgan fingerprint density at radius 3 is 2.87 bits per heavy atom. The number of carbonyl (C=O) groups excluding carboxylic acids is 1. The van der Waals surface area contributed by atoms with Crippen molar-refractivity contribution in [1.29, 1.82) is 0 Å². The fraction of sp³-hybridized carbons (Fsp3) is 0.909. The van der Waals surface area contributed by atoms with Gasteiger partial charge in [-0.25, -0.2) is 0 Å². The zero-order valence-electron chi connectivity index (χ0n) is 9.25. The van der Waals surface area contributed by atoms with Crippen LogP contribution in [0.3, 0.4) is 0 Å². The van der Waals surface area contributed by atoms with Crippen LogP contribution in [0.4, 0.5) is 0 Å². The van der Waals surface area contributed by atoms with Crippen molar-refractivity contribution in [2.24, 2.45) is 11.3 Å². The third kappa shape index (κ3) is 2.16. The van der Waals surface area contributed by atoms with Crippen molar-refractivity contribution < 1.29 is 9.90 Å². The smallest absolute Gasteiger partial charge is 0.223 e. The molecule has 15 heavy (non-hydrogen) atoms. The van der Waals surface area contributed by atoms with Crippen LogP contribution in [0.5, 0.6) is 0 Å². The Kier molecular flexibility index (Phi) is 2.98. The molecule has 1 aliphatic heterocycles. The summed E-state index contributed by atoms with van der Waals surface area (Å²) in [6, 6.07) is -0.114. The van der Waals surface area contributed by atoms with E-state index in [4.69, 9.17) is 5.11 Å². The summed E-state index contributed by atoms with van der Waals surface area (Å²) >= 11 is 0. The quantitative estimate of drug-likeness (QED) is 0.611. The third-order valence-corrected chi connectivity index (χ3v) is 3.77. The number of nitrogens with one attached hydrogen (secondary N) is 2. The van der Waals surface area contributed by atoms with E-state index in [9.17, 15) is 4.79 Å². The summed E-state index contributed by atoms with van der Waals surface area (Å²) < 4.78 is 0. The minimum absolute atomic E-state index is 0.0208. The number of hydrogen-bond donors (Lipinski definition) is 3. The molecule has 1 unspecified atom stereocenters. The lowest BCUT2D eigenvalue weighted by Crippen LogP contribution is -2.38. The van der Waals surface area contributed by atoms with E-state index >= 15 is 0 Å². The topological polar surface area (TPSA) is 61.4 Å². The maximum atomic E-state index is 11.8. The Balaban J connectivity index is 1.84. The molecule has 1 saturated carbocycles. The van der Waals surface area contributed by atoms with E-state index in [-0.39, 0.29) is 24.5 Å². The van der Waals surface area contributed by atoms with E-state index in [1.807, 2.05) is 6.92 Å². The van der Waals surface area contributed by atoms with Gasteiger partial charge in [0.05, 0.1) is 6.61 Å². The molecule has 2 aliphatic rings. The van der Waals surface area contributed by atoms with Gasteiger partial charge in [0, 0.05) is 12.0 Å². The number of aliphatic hydroxyl groups excluding tert-OH is 1. The lowest BCUT2D eigenvalue weighted by molar-refractivity contribution is -0.124. The average Bonchev–Trinajstić information content (AvgIpc) is 2.93. The van der Waals surface area contributed by atoms with Crippen LogP contribution in [-0.2, 0) is 4.79 Å². The predicted octanol–water partition coefficient (Wildman–Crippen LogP) is -0.127. The van der Waals surface area contributed by atoms with Crippen LogP contribution in [0.1, 0.15) is 26.2 Å². The SMILES string of the molecule is C[C@@H](CO)NC(=O)C1CC12CCNCC2. The molecule has 0 aromatic rings. The maximum Gasteiger partial charge on any atom is 0.223 e. The molecule has 1 heterocycles. The summed E-state index contributed by atoms with van der Waals surface area (Å²) in [6.45, 7) is 3.93. The fourth-order valence-electron chi connectivity index (χ4n) is 2.58. The Hall–Kier alpha value is -0.610. The van der Waals surface area contributed by atoms with Crippen molar-refractivity contribution in [2.75, 3.05) is 19.7 Å². The number of aliphatic hydroxyl groups is 1. The van der Waals surface area contributed by atoms with Crippen molar-refractivity contribution in [3.8, 4) is 0 Å². The predicted molar refractivity (Wildman–Crippen MR) is 57.3 cm³/mol. The van der Waals surface area contributed by atoms with Gasteiger partial charge in [0.25, 0.3) is 0 Å². The van der Waals surface area contributed by atoms with Crippen LogP contribution < -0.4 is 10.6 Å². The minimum Gasteiger partial charge on any atom is -0.394 e. The molecule has 2 rings (SSSR count). The summed E-state index contributed by atoms with van der Waals surface area (Å²) in [5.41, 5.74) is 0.296. The van der Waals surface area contributed by atoms with Crippen molar-refractivity contribution >= 4 is 5.91 Å². The van der Waals surface area contributed by atoms with Crippen LogP contribution in [0.15, 0.2) is 0 Å². The molecule has 1 saturated heterocycles. The van der Waals surface area contributed by atoms with Crippen molar-refractivity contribution in [1.82, 2.24) is 10.6 Å². The van der Waals surface area contributed by atoms with E-state index in [2.05, 4.69) is 10.6 Å². The monoisotopic (exact) mass is 212 g/mol. The highest BCUT2D eigenvalue weighted by Gasteiger charge is 2.57. The number of carbonyl (C=O) groups is 1.